The number of halogens is 1. The van der Waals surface area contributed by atoms with Crippen LogP contribution in [0.5, 0.6) is 0 Å². The lowest BCUT2D eigenvalue weighted by atomic mass is 10.4. The quantitative estimate of drug-likeness (QED) is 0.754. The molecule has 0 saturated heterocycles. The average molecular weight is 394 g/mol. The maximum atomic E-state index is 12.3. The number of sulfonamides is 1. The number of hydrogen-bond acceptors (Lipinski definition) is 6. The van der Waals surface area contributed by atoms with Crippen LogP contribution in [0.3, 0.4) is 0 Å². The van der Waals surface area contributed by atoms with Gasteiger partial charge in [0.25, 0.3) is 0 Å². The van der Waals surface area contributed by atoms with Crippen molar-refractivity contribution in [3.63, 3.8) is 0 Å². The second-order valence-corrected chi connectivity index (χ2v) is 7.83. The monoisotopic (exact) mass is 393 g/mol. The first-order valence-corrected chi connectivity index (χ1v) is 9.47. The van der Waals surface area contributed by atoms with Gasteiger partial charge >= 0.3 is 0 Å². The predicted octanol–water partition coefficient (Wildman–Crippen LogP) is 2.40. The van der Waals surface area contributed by atoms with Crippen LogP contribution in [0.1, 0.15) is 23.4 Å². The van der Waals surface area contributed by atoms with E-state index in [9.17, 15) is 8.42 Å². The minimum atomic E-state index is -3.64. The largest absolute Gasteiger partial charge is 0.452 e. The number of aromatic nitrogens is 1. The van der Waals surface area contributed by atoms with Crippen molar-refractivity contribution in [1.29, 1.82) is 0 Å². The van der Waals surface area contributed by atoms with E-state index in [2.05, 4.69) is 31.0 Å². The van der Waals surface area contributed by atoms with Crippen LogP contribution in [0.25, 0.3) is 0 Å². The molecule has 0 aromatic carbocycles. The summed E-state index contributed by atoms with van der Waals surface area (Å²) in [4.78, 5) is 4.32. The van der Waals surface area contributed by atoms with E-state index in [4.69, 9.17) is 4.42 Å². The first-order chi connectivity index (χ1) is 9.92. The molecule has 2 aromatic heterocycles. The SMILES string of the molecule is CCNCc1cc(S(=O)(=O)NCc2csc(C)n2)c(Br)o1. The lowest BCUT2D eigenvalue weighted by Crippen LogP contribution is -2.23. The van der Waals surface area contributed by atoms with Crippen molar-refractivity contribution in [3.8, 4) is 0 Å². The molecule has 2 N–H and O–H groups in total. The van der Waals surface area contributed by atoms with Gasteiger partial charge in [0, 0.05) is 11.4 Å². The fraction of sp³-hybridized carbons (Fsp3) is 0.417. The molecule has 6 nitrogen and oxygen atoms in total. The summed E-state index contributed by atoms with van der Waals surface area (Å²) in [7, 11) is -3.64. The Balaban J connectivity index is 2.09. The van der Waals surface area contributed by atoms with Crippen LogP contribution in [-0.4, -0.2) is 19.9 Å². The average Bonchev–Trinajstić information content (AvgIpc) is 3.00. The van der Waals surface area contributed by atoms with E-state index in [0.717, 1.165) is 11.6 Å². The molecule has 0 aliphatic rings. The van der Waals surface area contributed by atoms with Gasteiger partial charge in [-0.15, -0.1) is 11.3 Å². The maximum absolute atomic E-state index is 12.3. The topological polar surface area (TPSA) is 84.2 Å². The zero-order valence-electron chi connectivity index (χ0n) is 11.6. The highest BCUT2D eigenvalue weighted by Gasteiger charge is 2.22. The Bertz CT molecular complexity index is 709. The molecule has 9 heteroatoms. The summed E-state index contributed by atoms with van der Waals surface area (Å²) in [5.41, 5.74) is 0.702. The van der Waals surface area contributed by atoms with E-state index in [0.29, 0.717) is 18.0 Å². The zero-order valence-corrected chi connectivity index (χ0v) is 14.9. The Morgan fingerprint density at radius 2 is 2.19 bits per heavy atom. The lowest BCUT2D eigenvalue weighted by molar-refractivity contribution is 0.464. The Hall–Kier alpha value is -0.740. The molecule has 0 amide bonds. The highest BCUT2D eigenvalue weighted by atomic mass is 79.9. The highest BCUT2D eigenvalue weighted by molar-refractivity contribution is 9.10. The number of nitrogens with one attached hydrogen (secondary N) is 2. The molecule has 0 aliphatic carbocycles. The van der Waals surface area contributed by atoms with Crippen LogP contribution >= 0.6 is 27.3 Å². The van der Waals surface area contributed by atoms with Gasteiger partial charge in [-0.2, -0.15) is 0 Å². The van der Waals surface area contributed by atoms with Gasteiger partial charge in [0.05, 0.1) is 23.8 Å². The van der Waals surface area contributed by atoms with Crippen molar-refractivity contribution in [1.82, 2.24) is 15.0 Å². The summed E-state index contributed by atoms with van der Waals surface area (Å²) in [6.45, 7) is 5.26. The van der Waals surface area contributed by atoms with Crippen LogP contribution < -0.4 is 10.0 Å². The molecule has 0 unspecified atom stereocenters. The van der Waals surface area contributed by atoms with Crippen LogP contribution in [0.15, 0.2) is 25.4 Å². The molecule has 0 radical (unpaired) electrons. The molecule has 2 heterocycles. The molecular formula is C12H16BrN3O3S2. The molecule has 0 saturated carbocycles. The van der Waals surface area contributed by atoms with Crippen LogP contribution in [0.4, 0.5) is 0 Å². The van der Waals surface area contributed by atoms with Crippen LogP contribution in [0, 0.1) is 6.92 Å². The fourth-order valence-electron chi connectivity index (χ4n) is 1.65. The number of nitrogens with zero attached hydrogens (tertiary/aromatic N) is 1. The van der Waals surface area contributed by atoms with E-state index in [1.54, 1.807) is 0 Å². The second kappa shape index (κ2) is 7.01. The van der Waals surface area contributed by atoms with Crippen molar-refractivity contribution in [2.45, 2.75) is 31.8 Å². The first-order valence-electron chi connectivity index (χ1n) is 6.32. The molecule has 0 spiro atoms. The number of aryl methyl sites for hydroxylation is 1. The van der Waals surface area contributed by atoms with Crippen LogP contribution in [0.2, 0.25) is 0 Å². The van der Waals surface area contributed by atoms with Gasteiger partial charge in [-0.05, 0) is 29.4 Å². The summed E-state index contributed by atoms with van der Waals surface area (Å²) < 4.78 is 32.7. The molecule has 21 heavy (non-hydrogen) atoms. The highest BCUT2D eigenvalue weighted by Crippen LogP contribution is 2.26. The Kier molecular flexibility index (Phi) is 5.55. The molecule has 0 bridgehead atoms. The normalized spacial score (nSPS) is 12.0. The number of hydrogen-bond donors (Lipinski definition) is 2. The summed E-state index contributed by atoms with van der Waals surface area (Å²) in [5, 5.41) is 5.82. The van der Waals surface area contributed by atoms with Crippen LogP contribution in [-0.2, 0) is 23.1 Å². The maximum Gasteiger partial charge on any atom is 0.245 e. The molecular weight excluding hydrogens is 378 g/mol. The molecule has 116 valence electrons. The molecule has 0 aliphatic heterocycles. The van der Waals surface area contributed by atoms with E-state index in [-0.39, 0.29) is 16.1 Å². The molecule has 2 aromatic rings. The lowest BCUT2D eigenvalue weighted by Gasteiger charge is -2.02. The Morgan fingerprint density at radius 3 is 2.81 bits per heavy atom. The van der Waals surface area contributed by atoms with E-state index in [1.165, 1.54) is 17.4 Å². The van der Waals surface area contributed by atoms with Crippen molar-refractivity contribution < 1.29 is 12.8 Å². The van der Waals surface area contributed by atoms with Crippen molar-refractivity contribution in [2.75, 3.05) is 6.54 Å². The summed E-state index contributed by atoms with van der Waals surface area (Å²) in [6, 6.07) is 1.52. The Labute approximate surface area is 136 Å². The van der Waals surface area contributed by atoms with Gasteiger partial charge in [0.15, 0.2) is 4.67 Å². The Morgan fingerprint density at radius 1 is 1.43 bits per heavy atom. The second-order valence-electron chi connectivity index (χ2n) is 4.31. The van der Waals surface area contributed by atoms with E-state index in [1.807, 2.05) is 19.2 Å². The summed E-state index contributed by atoms with van der Waals surface area (Å²) >= 11 is 4.63. The van der Waals surface area contributed by atoms with Gasteiger partial charge in [-0.25, -0.2) is 18.1 Å². The third-order valence-electron chi connectivity index (χ3n) is 2.66. The van der Waals surface area contributed by atoms with Gasteiger partial charge in [-0.3, -0.25) is 0 Å². The first kappa shape index (κ1) is 16.6. The summed E-state index contributed by atoms with van der Waals surface area (Å²) in [5.74, 6) is 0.564. The van der Waals surface area contributed by atoms with Gasteiger partial charge in [-0.1, -0.05) is 6.92 Å². The third-order valence-corrected chi connectivity index (χ3v) is 5.74. The number of furan rings is 1. The van der Waals surface area contributed by atoms with Crippen molar-refractivity contribution >= 4 is 37.3 Å². The fourth-order valence-corrected chi connectivity index (χ4v) is 4.26. The van der Waals surface area contributed by atoms with E-state index < -0.39 is 10.0 Å². The summed E-state index contributed by atoms with van der Waals surface area (Å²) in [6.07, 6.45) is 0. The predicted molar refractivity (Wildman–Crippen MR) is 84.7 cm³/mol. The van der Waals surface area contributed by atoms with Crippen molar-refractivity contribution in [2.24, 2.45) is 0 Å². The number of thiazole rings is 1. The minimum Gasteiger partial charge on any atom is -0.452 e. The standard InChI is InChI=1S/C12H16BrN3O3S2/c1-3-14-6-10-4-11(12(13)19-10)21(17,18)15-5-9-7-20-8(2)16-9/h4,7,14-15H,3,5-6H2,1-2H3. The molecule has 2 rings (SSSR count). The molecule has 0 fully saturated rings. The van der Waals surface area contributed by atoms with Gasteiger partial charge in [0.2, 0.25) is 10.0 Å². The number of rotatable bonds is 7. The third kappa shape index (κ3) is 4.36. The zero-order chi connectivity index (χ0) is 15.5. The van der Waals surface area contributed by atoms with Crippen molar-refractivity contribution in [3.05, 3.63) is 32.6 Å². The van der Waals surface area contributed by atoms with E-state index >= 15 is 0 Å². The minimum absolute atomic E-state index is 0.0994. The van der Waals surface area contributed by atoms with Gasteiger partial charge < -0.3 is 9.73 Å². The van der Waals surface area contributed by atoms with Gasteiger partial charge in [0.1, 0.15) is 10.7 Å². The smallest absolute Gasteiger partial charge is 0.245 e. The molecule has 0 atom stereocenters.